The van der Waals surface area contributed by atoms with Crippen molar-refractivity contribution in [1.82, 2.24) is 0 Å². The number of non-ortho nitro benzene ring substituents is 1. The van der Waals surface area contributed by atoms with Gasteiger partial charge in [0.25, 0.3) is 5.69 Å². The molecule has 0 aliphatic carbocycles. The van der Waals surface area contributed by atoms with Crippen LogP contribution in [0.3, 0.4) is 0 Å². The van der Waals surface area contributed by atoms with Gasteiger partial charge in [0, 0.05) is 25.2 Å². The average Bonchev–Trinajstić information content (AvgIpc) is 2.43. The normalized spacial score (nSPS) is 11.4. The Hall–Kier alpha value is -2.62. The number of anilines is 1. The SMILES string of the molecule is CCN(CC(C)C#N)c1ccc([N+](=O)[O-])cc1C(=O)O. The van der Waals surface area contributed by atoms with Crippen LogP contribution in [0.4, 0.5) is 11.4 Å². The van der Waals surface area contributed by atoms with Crippen LogP contribution in [-0.2, 0) is 0 Å². The molecule has 20 heavy (non-hydrogen) atoms. The van der Waals surface area contributed by atoms with Gasteiger partial charge in [-0.25, -0.2) is 4.79 Å². The highest BCUT2D eigenvalue weighted by molar-refractivity contribution is 5.95. The van der Waals surface area contributed by atoms with Gasteiger partial charge in [0.1, 0.15) is 0 Å². The summed E-state index contributed by atoms with van der Waals surface area (Å²) in [6.45, 7) is 4.43. The van der Waals surface area contributed by atoms with E-state index in [0.29, 0.717) is 18.8 Å². The van der Waals surface area contributed by atoms with Crippen molar-refractivity contribution >= 4 is 17.3 Å². The molecule has 0 spiro atoms. The summed E-state index contributed by atoms with van der Waals surface area (Å²) < 4.78 is 0. The molecule has 1 unspecified atom stereocenters. The Morgan fingerprint density at radius 2 is 2.25 bits per heavy atom. The quantitative estimate of drug-likeness (QED) is 0.631. The van der Waals surface area contributed by atoms with Crippen molar-refractivity contribution < 1.29 is 14.8 Å². The zero-order chi connectivity index (χ0) is 15.3. The number of nitro benzene ring substituents is 1. The summed E-state index contributed by atoms with van der Waals surface area (Å²) in [5, 5.41) is 28.7. The van der Waals surface area contributed by atoms with E-state index in [1.807, 2.05) is 6.92 Å². The molecule has 0 saturated heterocycles. The van der Waals surface area contributed by atoms with Gasteiger partial charge >= 0.3 is 5.97 Å². The van der Waals surface area contributed by atoms with E-state index >= 15 is 0 Å². The fraction of sp³-hybridized carbons (Fsp3) is 0.385. The molecule has 7 heteroatoms. The molecule has 1 aromatic carbocycles. The zero-order valence-electron chi connectivity index (χ0n) is 11.2. The Balaban J connectivity index is 3.25. The second kappa shape index (κ2) is 6.52. The molecule has 0 radical (unpaired) electrons. The number of nitrogens with zero attached hydrogens (tertiary/aromatic N) is 3. The fourth-order valence-corrected chi connectivity index (χ4v) is 1.85. The minimum Gasteiger partial charge on any atom is -0.478 e. The number of carboxylic acid groups (broad SMARTS) is 1. The lowest BCUT2D eigenvalue weighted by Crippen LogP contribution is -2.29. The lowest BCUT2D eigenvalue weighted by molar-refractivity contribution is -0.384. The van der Waals surface area contributed by atoms with E-state index in [0.717, 1.165) is 6.07 Å². The maximum absolute atomic E-state index is 11.3. The maximum Gasteiger partial charge on any atom is 0.338 e. The summed E-state index contributed by atoms with van der Waals surface area (Å²) in [4.78, 5) is 23.1. The van der Waals surface area contributed by atoms with Crippen molar-refractivity contribution in [3.63, 3.8) is 0 Å². The van der Waals surface area contributed by atoms with Gasteiger partial charge < -0.3 is 10.0 Å². The number of hydrogen-bond donors (Lipinski definition) is 1. The van der Waals surface area contributed by atoms with Crippen molar-refractivity contribution in [3.8, 4) is 6.07 Å². The van der Waals surface area contributed by atoms with Crippen molar-refractivity contribution in [1.29, 1.82) is 5.26 Å². The van der Waals surface area contributed by atoms with E-state index in [4.69, 9.17) is 5.26 Å². The van der Waals surface area contributed by atoms with Crippen LogP contribution < -0.4 is 4.90 Å². The summed E-state index contributed by atoms with van der Waals surface area (Å²) in [6, 6.07) is 5.80. The molecule has 0 fully saturated rings. The van der Waals surface area contributed by atoms with Crippen molar-refractivity contribution in [2.75, 3.05) is 18.0 Å². The van der Waals surface area contributed by atoms with E-state index in [9.17, 15) is 20.0 Å². The number of aromatic carboxylic acids is 1. The van der Waals surface area contributed by atoms with Gasteiger partial charge in [-0.2, -0.15) is 5.26 Å². The molecular weight excluding hydrogens is 262 g/mol. The molecule has 0 aromatic heterocycles. The molecule has 7 nitrogen and oxygen atoms in total. The second-order valence-electron chi connectivity index (χ2n) is 4.33. The molecular formula is C13H15N3O4. The molecule has 0 aliphatic heterocycles. The van der Waals surface area contributed by atoms with Gasteiger partial charge in [0.2, 0.25) is 0 Å². The van der Waals surface area contributed by atoms with Crippen LogP contribution in [0.15, 0.2) is 18.2 Å². The Morgan fingerprint density at radius 1 is 1.60 bits per heavy atom. The third kappa shape index (κ3) is 3.45. The largest absolute Gasteiger partial charge is 0.478 e. The van der Waals surface area contributed by atoms with Crippen LogP contribution in [0.5, 0.6) is 0 Å². The number of rotatable bonds is 6. The number of benzene rings is 1. The average molecular weight is 277 g/mol. The maximum atomic E-state index is 11.3. The Bertz CT molecular complexity index is 565. The van der Waals surface area contributed by atoms with Gasteiger partial charge in [-0.05, 0) is 19.9 Å². The van der Waals surface area contributed by atoms with Gasteiger partial charge in [0.15, 0.2) is 0 Å². The monoisotopic (exact) mass is 277 g/mol. The first-order chi connectivity index (χ1) is 9.40. The van der Waals surface area contributed by atoms with E-state index in [1.54, 1.807) is 11.8 Å². The molecule has 1 aromatic rings. The third-order valence-corrected chi connectivity index (χ3v) is 2.86. The topological polar surface area (TPSA) is 107 Å². The lowest BCUT2D eigenvalue weighted by atomic mass is 10.1. The van der Waals surface area contributed by atoms with Gasteiger partial charge in [0.05, 0.1) is 28.2 Å². The van der Waals surface area contributed by atoms with Crippen LogP contribution in [0, 0.1) is 27.4 Å². The smallest absolute Gasteiger partial charge is 0.338 e. The van der Waals surface area contributed by atoms with Gasteiger partial charge in [-0.15, -0.1) is 0 Å². The first-order valence-corrected chi connectivity index (χ1v) is 6.07. The number of nitro groups is 1. The van der Waals surface area contributed by atoms with E-state index in [-0.39, 0.29) is 17.2 Å². The minimum atomic E-state index is -1.23. The molecule has 0 bridgehead atoms. The van der Waals surface area contributed by atoms with E-state index < -0.39 is 10.9 Å². The summed E-state index contributed by atoms with van der Waals surface area (Å²) in [7, 11) is 0. The third-order valence-electron chi connectivity index (χ3n) is 2.86. The minimum absolute atomic E-state index is 0.133. The Labute approximate surface area is 116 Å². The standard InChI is InChI=1S/C13H15N3O4/c1-3-15(8-9(2)7-14)12-5-4-10(16(19)20)6-11(12)13(17)18/h4-6,9H,3,8H2,1-2H3,(H,17,18). The highest BCUT2D eigenvalue weighted by Gasteiger charge is 2.20. The molecule has 0 saturated carbocycles. The first-order valence-electron chi connectivity index (χ1n) is 6.07. The molecule has 106 valence electrons. The predicted octanol–water partition coefficient (Wildman–Crippen LogP) is 2.28. The summed E-state index contributed by atoms with van der Waals surface area (Å²) in [5.74, 6) is -1.50. The lowest BCUT2D eigenvalue weighted by Gasteiger charge is -2.25. The Morgan fingerprint density at radius 3 is 2.70 bits per heavy atom. The first kappa shape index (κ1) is 15.4. The van der Waals surface area contributed by atoms with E-state index in [2.05, 4.69) is 6.07 Å². The highest BCUT2D eigenvalue weighted by atomic mass is 16.6. The van der Waals surface area contributed by atoms with Crippen molar-refractivity contribution in [3.05, 3.63) is 33.9 Å². The van der Waals surface area contributed by atoms with Crippen LogP contribution in [-0.4, -0.2) is 29.1 Å². The second-order valence-corrected chi connectivity index (χ2v) is 4.33. The highest BCUT2D eigenvalue weighted by Crippen LogP contribution is 2.26. The summed E-state index contributed by atoms with van der Waals surface area (Å²) >= 11 is 0. The number of carbonyl (C=O) groups is 1. The molecule has 1 N–H and O–H groups in total. The van der Waals surface area contributed by atoms with Crippen LogP contribution in [0.2, 0.25) is 0 Å². The molecule has 0 amide bonds. The number of hydrogen-bond acceptors (Lipinski definition) is 5. The van der Waals surface area contributed by atoms with Crippen molar-refractivity contribution in [2.24, 2.45) is 5.92 Å². The van der Waals surface area contributed by atoms with Crippen LogP contribution in [0.25, 0.3) is 0 Å². The van der Waals surface area contributed by atoms with Crippen LogP contribution in [0.1, 0.15) is 24.2 Å². The molecule has 1 atom stereocenters. The van der Waals surface area contributed by atoms with Gasteiger partial charge in [-0.1, -0.05) is 0 Å². The number of nitriles is 1. The fourth-order valence-electron chi connectivity index (χ4n) is 1.85. The summed E-state index contributed by atoms with van der Waals surface area (Å²) in [6.07, 6.45) is 0. The predicted molar refractivity (Wildman–Crippen MR) is 72.7 cm³/mol. The number of carboxylic acids is 1. The van der Waals surface area contributed by atoms with Crippen molar-refractivity contribution in [2.45, 2.75) is 13.8 Å². The molecule has 0 heterocycles. The molecule has 1 rings (SSSR count). The van der Waals surface area contributed by atoms with Crippen LogP contribution >= 0.6 is 0 Å². The van der Waals surface area contributed by atoms with Gasteiger partial charge in [-0.3, -0.25) is 10.1 Å². The Kier molecular flexibility index (Phi) is 5.03. The summed E-state index contributed by atoms with van der Waals surface area (Å²) in [5.41, 5.74) is -0.0191. The van der Waals surface area contributed by atoms with E-state index in [1.165, 1.54) is 12.1 Å². The molecule has 0 aliphatic rings. The zero-order valence-corrected chi connectivity index (χ0v) is 11.2.